The van der Waals surface area contributed by atoms with Gasteiger partial charge in [0, 0.05) is 5.56 Å². The Hall–Kier alpha value is -2.34. The van der Waals surface area contributed by atoms with E-state index < -0.39 is 10.0 Å². The van der Waals surface area contributed by atoms with Gasteiger partial charge in [0.25, 0.3) is 10.0 Å². The van der Waals surface area contributed by atoms with E-state index in [2.05, 4.69) is 0 Å². The number of aryl methyl sites for hydroxylation is 1. The molecule has 0 amide bonds. The quantitative estimate of drug-likeness (QED) is 0.811. The zero-order chi connectivity index (χ0) is 16.6. The minimum absolute atomic E-state index is 0.119. The first-order valence-electron chi connectivity index (χ1n) is 7.27. The molecular formula is C17H17NO4S. The number of nitrogens with zero attached hydrogens (tertiary/aromatic N) is 1. The van der Waals surface area contributed by atoms with Crippen LogP contribution < -0.4 is 9.04 Å². The molecule has 3 rings (SSSR count). The van der Waals surface area contributed by atoms with E-state index in [4.69, 9.17) is 4.74 Å². The molecule has 2 aromatic carbocycles. The maximum Gasteiger partial charge on any atom is 0.264 e. The number of rotatable bonds is 3. The number of ketones is 1. The van der Waals surface area contributed by atoms with E-state index in [0.29, 0.717) is 22.6 Å². The highest BCUT2D eigenvalue weighted by Crippen LogP contribution is 2.36. The number of hydrogen-bond donors (Lipinski definition) is 0. The van der Waals surface area contributed by atoms with Crippen LogP contribution in [0, 0.1) is 6.92 Å². The van der Waals surface area contributed by atoms with Gasteiger partial charge in [-0.05, 0) is 43.7 Å². The van der Waals surface area contributed by atoms with Crippen LogP contribution in [0.15, 0.2) is 47.4 Å². The van der Waals surface area contributed by atoms with Crippen LogP contribution in [0.4, 0.5) is 5.69 Å². The summed E-state index contributed by atoms with van der Waals surface area (Å²) in [6.45, 7) is 3.70. The summed E-state index contributed by atoms with van der Waals surface area (Å²) in [5.41, 5.74) is 1.55. The van der Waals surface area contributed by atoms with E-state index in [-0.39, 0.29) is 23.8 Å². The molecule has 120 valence electrons. The summed E-state index contributed by atoms with van der Waals surface area (Å²) in [6, 6.07) is 11.7. The van der Waals surface area contributed by atoms with Gasteiger partial charge in [0.1, 0.15) is 12.4 Å². The number of hydrogen-bond acceptors (Lipinski definition) is 4. The van der Waals surface area contributed by atoms with Gasteiger partial charge in [0.15, 0.2) is 5.78 Å². The predicted octanol–water partition coefficient (Wildman–Crippen LogP) is 2.79. The number of carbonyl (C=O) groups is 1. The molecular weight excluding hydrogens is 314 g/mol. The average molecular weight is 331 g/mol. The molecule has 1 heterocycles. The minimum atomic E-state index is -3.71. The van der Waals surface area contributed by atoms with Crippen molar-refractivity contribution in [1.82, 2.24) is 0 Å². The molecule has 0 aromatic heterocycles. The standard InChI is InChI=1S/C17H17NO4S/c1-12-5-3-4-6-17(12)23(20,21)18-9-10-22-16-8-7-14(13(2)19)11-15(16)18/h3-8,11H,9-10H2,1-2H3. The Bertz CT molecular complexity index is 874. The normalized spacial score (nSPS) is 14.1. The smallest absolute Gasteiger partial charge is 0.264 e. The number of carbonyl (C=O) groups excluding carboxylic acids is 1. The highest BCUT2D eigenvalue weighted by molar-refractivity contribution is 7.92. The largest absolute Gasteiger partial charge is 0.489 e. The maximum atomic E-state index is 13.0. The molecule has 0 aliphatic carbocycles. The van der Waals surface area contributed by atoms with Crippen LogP contribution in [-0.2, 0) is 10.0 Å². The van der Waals surface area contributed by atoms with E-state index in [1.165, 1.54) is 11.2 Å². The number of Topliss-reactive ketones (excluding diaryl/α,β-unsaturated/α-hetero) is 1. The number of ether oxygens (including phenoxy) is 1. The number of benzene rings is 2. The lowest BCUT2D eigenvalue weighted by Crippen LogP contribution is -2.38. The van der Waals surface area contributed by atoms with Crippen LogP contribution in [0.1, 0.15) is 22.8 Å². The third kappa shape index (κ3) is 2.70. The summed E-state index contributed by atoms with van der Waals surface area (Å²) in [5.74, 6) is 0.352. The third-order valence-corrected chi connectivity index (χ3v) is 5.82. The first kappa shape index (κ1) is 15.6. The molecule has 0 N–H and O–H groups in total. The van der Waals surface area contributed by atoms with Crippen molar-refractivity contribution in [2.45, 2.75) is 18.7 Å². The van der Waals surface area contributed by atoms with Crippen LogP contribution in [0.25, 0.3) is 0 Å². The molecule has 6 heteroatoms. The first-order valence-corrected chi connectivity index (χ1v) is 8.71. The van der Waals surface area contributed by atoms with Gasteiger partial charge in [-0.1, -0.05) is 18.2 Å². The van der Waals surface area contributed by atoms with Crippen molar-refractivity contribution in [3.05, 3.63) is 53.6 Å². The Labute approximate surface area is 135 Å². The highest BCUT2D eigenvalue weighted by atomic mass is 32.2. The highest BCUT2D eigenvalue weighted by Gasteiger charge is 2.31. The number of fused-ring (bicyclic) bond motifs is 1. The zero-order valence-corrected chi connectivity index (χ0v) is 13.8. The SMILES string of the molecule is CC(=O)c1ccc2c(c1)N(S(=O)(=O)c1ccccc1C)CCO2. The fourth-order valence-electron chi connectivity index (χ4n) is 2.63. The summed E-state index contributed by atoms with van der Waals surface area (Å²) >= 11 is 0. The Balaban J connectivity index is 2.14. The predicted molar refractivity (Wildman–Crippen MR) is 87.7 cm³/mol. The van der Waals surface area contributed by atoms with E-state index in [0.717, 1.165) is 0 Å². The lowest BCUT2D eigenvalue weighted by Gasteiger charge is -2.31. The molecule has 23 heavy (non-hydrogen) atoms. The van der Waals surface area contributed by atoms with Crippen molar-refractivity contribution >= 4 is 21.5 Å². The molecule has 0 saturated carbocycles. The lowest BCUT2D eigenvalue weighted by molar-refractivity contribution is 0.101. The van der Waals surface area contributed by atoms with Crippen molar-refractivity contribution in [1.29, 1.82) is 0 Å². The fraction of sp³-hybridized carbons (Fsp3) is 0.235. The van der Waals surface area contributed by atoms with Crippen LogP contribution >= 0.6 is 0 Å². The van der Waals surface area contributed by atoms with Crippen molar-refractivity contribution < 1.29 is 17.9 Å². The number of sulfonamides is 1. The second kappa shape index (κ2) is 5.70. The first-order chi connectivity index (χ1) is 10.9. The van der Waals surface area contributed by atoms with Gasteiger partial charge in [-0.3, -0.25) is 9.10 Å². The summed E-state index contributed by atoms with van der Waals surface area (Å²) in [7, 11) is -3.71. The molecule has 1 aliphatic rings. The summed E-state index contributed by atoms with van der Waals surface area (Å²) < 4.78 is 32.9. The summed E-state index contributed by atoms with van der Waals surface area (Å²) in [5, 5.41) is 0. The van der Waals surface area contributed by atoms with E-state index in [9.17, 15) is 13.2 Å². The Morgan fingerprint density at radius 1 is 1.17 bits per heavy atom. The van der Waals surface area contributed by atoms with Crippen LogP contribution in [0.5, 0.6) is 5.75 Å². The van der Waals surface area contributed by atoms with Crippen molar-refractivity contribution in [2.24, 2.45) is 0 Å². The molecule has 5 nitrogen and oxygen atoms in total. The van der Waals surface area contributed by atoms with Gasteiger partial charge in [0.05, 0.1) is 17.1 Å². The maximum absolute atomic E-state index is 13.0. The van der Waals surface area contributed by atoms with E-state index in [1.807, 2.05) is 0 Å². The molecule has 0 atom stereocenters. The molecule has 2 aromatic rings. The molecule has 0 radical (unpaired) electrons. The summed E-state index contributed by atoms with van der Waals surface area (Å²) in [6.07, 6.45) is 0. The number of anilines is 1. The Morgan fingerprint density at radius 2 is 1.91 bits per heavy atom. The van der Waals surface area contributed by atoms with Crippen LogP contribution in [-0.4, -0.2) is 27.4 Å². The summed E-state index contributed by atoms with van der Waals surface area (Å²) in [4.78, 5) is 11.9. The molecule has 0 fully saturated rings. The Kier molecular flexibility index (Phi) is 3.85. The van der Waals surface area contributed by atoms with Crippen molar-refractivity contribution in [3.63, 3.8) is 0 Å². The van der Waals surface area contributed by atoms with Crippen molar-refractivity contribution in [3.8, 4) is 5.75 Å². The van der Waals surface area contributed by atoms with E-state index in [1.54, 1.807) is 49.4 Å². The van der Waals surface area contributed by atoms with Crippen LogP contribution in [0.2, 0.25) is 0 Å². The van der Waals surface area contributed by atoms with Gasteiger partial charge >= 0.3 is 0 Å². The van der Waals surface area contributed by atoms with Gasteiger partial charge in [-0.25, -0.2) is 8.42 Å². The molecule has 0 spiro atoms. The average Bonchev–Trinajstić information content (AvgIpc) is 2.53. The molecule has 0 bridgehead atoms. The lowest BCUT2D eigenvalue weighted by atomic mass is 10.1. The second-order valence-electron chi connectivity index (χ2n) is 5.43. The van der Waals surface area contributed by atoms with Gasteiger partial charge in [-0.15, -0.1) is 0 Å². The fourth-order valence-corrected chi connectivity index (χ4v) is 4.31. The monoisotopic (exact) mass is 331 g/mol. The zero-order valence-electron chi connectivity index (χ0n) is 12.9. The minimum Gasteiger partial charge on any atom is -0.489 e. The Morgan fingerprint density at radius 3 is 2.61 bits per heavy atom. The second-order valence-corrected chi connectivity index (χ2v) is 7.26. The molecule has 0 unspecified atom stereocenters. The van der Waals surface area contributed by atoms with Gasteiger partial charge in [-0.2, -0.15) is 0 Å². The van der Waals surface area contributed by atoms with E-state index >= 15 is 0 Å². The molecule has 1 aliphatic heterocycles. The van der Waals surface area contributed by atoms with Crippen molar-refractivity contribution in [2.75, 3.05) is 17.5 Å². The van der Waals surface area contributed by atoms with Crippen LogP contribution in [0.3, 0.4) is 0 Å². The topological polar surface area (TPSA) is 63.7 Å². The van der Waals surface area contributed by atoms with Gasteiger partial charge in [0.2, 0.25) is 0 Å². The third-order valence-electron chi connectivity index (χ3n) is 3.85. The molecule has 0 saturated heterocycles. The van der Waals surface area contributed by atoms with Gasteiger partial charge < -0.3 is 4.74 Å².